The molecule has 44 valence electrons. The maximum atomic E-state index is 2.23. The van der Waals surface area contributed by atoms with E-state index in [2.05, 4.69) is 24.3 Å². The van der Waals surface area contributed by atoms with Crippen LogP contribution in [0.2, 0.25) is 0 Å². The highest BCUT2D eigenvalue weighted by Crippen LogP contribution is 2.04. The molecule has 0 spiro atoms. The Kier molecular flexibility index (Phi) is 2.44. The van der Waals surface area contributed by atoms with Gasteiger partial charge in [0.25, 0.3) is 0 Å². The third-order valence-corrected chi connectivity index (χ3v) is 1.37. The highest BCUT2D eigenvalue weighted by molar-refractivity contribution is 5.03. The Hall–Kier alpha value is -0.520. The van der Waals surface area contributed by atoms with Crippen LogP contribution in [0.3, 0.4) is 0 Å². The fourth-order valence-corrected chi connectivity index (χ4v) is 0.874. The van der Waals surface area contributed by atoms with Crippen molar-refractivity contribution < 1.29 is 0 Å². The molecule has 0 aromatic carbocycles. The van der Waals surface area contributed by atoms with Gasteiger partial charge in [-0.05, 0) is 25.7 Å². The van der Waals surface area contributed by atoms with E-state index in [-0.39, 0.29) is 0 Å². The van der Waals surface area contributed by atoms with Gasteiger partial charge in [-0.25, -0.2) is 0 Å². The first-order chi connectivity index (χ1) is 4.00. The van der Waals surface area contributed by atoms with Crippen molar-refractivity contribution in [1.82, 2.24) is 0 Å². The predicted octanol–water partition coefficient (Wildman–Crippen LogP) is 2.67. The molecule has 0 saturated carbocycles. The molecule has 0 unspecified atom stereocenters. The molecule has 0 fully saturated rings. The zero-order chi connectivity index (χ0) is 5.66. The van der Waals surface area contributed by atoms with Gasteiger partial charge >= 0.3 is 0 Å². The minimum atomic E-state index is 1.27. The Morgan fingerprint density at radius 1 is 0.750 bits per heavy atom. The van der Waals surface area contributed by atoms with Crippen LogP contribution in [-0.2, 0) is 0 Å². The maximum absolute atomic E-state index is 2.23. The third-order valence-electron chi connectivity index (χ3n) is 1.37. The zero-order valence-corrected chi connectivity index (χ0v) is 5.14. The molecule has 0 bridgehead atoms. The molecule has 0 nitrogen and oxygen atoms in total. The van der Waals surface area contributed by atoms with Gasteiger partial charge in [0.1, 0.15) is 0 Å². The Morgan fingerprint density at radius 3 is 1.75 bits per heavy atom. The van der Waals surface area contributed by atoms with Gasteiger partial charge in [0.2, 0.25) is 0 Å². The molecule has 1 aliphatic rings. The maximum Gasteiger partial charge on any atom is -0.0347 e. The Morgan fingerprint density at radius 2 is 1.25 bits per heavy atom. The molecule has 1 rings (SSSR count). The van der Waals surface area contributed by atoms with Crippen molar-refractivity contribution >= 4 is 0 Å². The average Bonchev–Trinajstić information content (AvgIpc) is 1.62. The van der Waals surface area contributed by atoms with Gasteiger partial charge in [-0.15, -0.1) is 0 Å². The van der Waals surface area contributed by atoms with E-state index in [0.717, 1.165) is 0 Å². The summed E-state index contributed by atoms with van der Waals surface area (Å²) >= 11 is 0. The first-order valence-corrected chi connectivity index (χ1v) is 3.32. The molecule has 0 aliphatic heterocycles. The second-order valence-corrected chi connectivity index (χ2v) is 2.14. The van der Waals surface area contributed by atoms with Crippen LogP contribution in [0.5, 0.6) is 0 Å². The molecule has 8 heavy (non-hydrogen) atoms. The van der Waals surface area contributed by atoms with Crippen molar-refractivity contribution in [2.75, 3.05) is 0 Å². The van der Waals surface area contributed by atoms with E-state index in [1.165, 1.54) is 25.7 Å². The number of hydrogen-bond acceptors (Lipinski definition) is 0. The highest BCUT2D eigenvalue weighted by Gasteiger charge is 1.84. The molecule has 0 aromatic rings. The first kappa shape index (κ1) is 5.61. The molecule has 0 atom stereocenters. The van der Waals surface area contributed by atoms with Gasteiger partial charge < -0.3 is 0 Å². The van der Waals surface area contributed by atoms with E-state index in [1.54, 1.807) is 0 Å². The summed E-state index contributed by atoms with van der Waals surface area (Å²) in [6, 6.07) is 0. The summed E-state index contributed by atoms with van der Waals surface area (Å²) in [6.07, 6.45) is 14.0. The third kappa shape index (κ3) is 1.97. The highest BCUT2D eigenvalue weighted by atomic mass is 13.9. The second kappa shape index (κ2) is 3.48. The van der Waals surface area contributed by atoms with Gasteiger partial charge in [-0.3, -0.25) is 0 Å². The molecule has 0 heterocycles. The minimum absolute atomic E-state index is 1.27. The van der Waals surface area contributed by atoms with Crippen LogP contribution in [0, 0.1) is 0 Å². The summed E-state index contributed by atoms with van der Waals surface area (Å²) in [5.41, 5.74) is 0. The van der Waals surface area contributed by atoms with E-state index in [0.29, 0.717) is 0 Å². The lowest BCUT2D eigenvalue weighted by Crippen LogP contribution is -1.74. The molecule has 0 amide bonds. The molecular formula is C8H12. The molecule has 0 saturated heterocycles. The number of hydrogen-bond donors (Lipinski definition) is 0. The summed E-state index contributed by atoms with van der Waals surface area (Å²) in [5, 5.41) is 0. The summed E-state index contributed by atoms with van der Waals surface area (Å²) in [6.45, 7) is 0. The Balaban J connectivity index is 2.33. The zero-order valence-electron chi connectivity index (χ0n) is 5.14. The Bertz CT molecular complexity index is 84.6. The molecule has 0 aromatic heterocycles. The fourth-order valence-electron chi connectivity index (χ4n) is 0.874. The fraction of sp³-hybridized carbons (Fsp3) is 0.500. The van der Waals surface area contributed by atoms with Crippen LogP contribution in [0.1, 0.15) is 25.7 Å². The molecular weight excluding hydrogens is 96.1 g/mol. The summed E-state index contributed by atoms with van der Waals surface area (Å²) in [5.74, 6) is 0. The van der Waals surface area contributed by atoms with Gasteiger partial charge in [-0.1, -0.05) is 24.3 Å². The van der Waals surface area contributed by atoms with Gasteiger partial charge in [0.15, 0.2) is 0 Å². The molecule has 0 radical (unpaired) electrons. The van der Waals surface area contributed by atoms with Gasteiger partial charge in [0.05, 0.1) is 0 Å². The molecule has 1 aliphatic carbocycles. The van der Waals surface area contributed by atoms with E-state index in [4.69, 9.17) is 0 Å². The monoisotopic (exact) mass is 108 g/mol. The quantitative estimate of drug-likeness (QED) is 0.447. The lowest BCUT2D eigenvalue weighted by Gasteiger charge is -1.94. The topological polar surface area (TPSA) is 0 Å². The van der Waals surface area contributed by atoms with Crippen molar-refractivity contribution in [2.24, 2.45) is 0 Å². The standard InChI is InChI=1S/C8H12/c1-2-4-6-8-7-5-3-1/h1-4H,5-8H2/b3-1-,4-2+. The van der Waals surface area contributed by atoms with E-state index in [1.807, 2.05) is 0 Å². The predicted molar refractivity (Wildman–Crippen MR) is 36.7 cm³/mol. The largest absolute Gasteiger partial charge is 0.0845 e. The minimum Gasteiger partial charge on any atom is -0.0845 e. The molecule has 0 heteroatoms. The summed E-state index contributed by atoms with van der Waals surface area (Å²) in [7, 11) is 0. The lowest BCUT2D eigenvalue weighted by molar-refractivity contribution is 0.758. The van der Waals surface area contributed by atoms with Crippen molar-refractivity contribution in [3.63, 3.8) is 0 Å². The normalized spacial score (nSPS) is 28.0. The van der Waals surface area contributed by atoms with Crippen LogP contribution in [-0.4, -0.2) is 0 Å². The lowest BCUT2D eigenvalue weighted by atomic mass is 10.1. The number of allylic oxidation sites excluding steroid dienone is 4. The van der Waals surface area contributed by atoms with E-state index in [9.17, 15) is 0 Å². The van der Waals surface area contributed by atoms with Crippen LogP contribution in [0.25, 0.3) is 0 Å². The smallest absolute Gasteiger partial charge is 0.0347 e. The van der Waals surface area contributed by atoms with Crippen LogP contribution < -0.4 is 0 Å². The first-order valence-electron chi connectivity index (χ1n) is 3.32. The average molecular weight is 108 g/mol. The Labute approximate surface area is 50.9 Å². The SMILES string of the molecule is C1=C\CCCC/C=C/1. The van der Waals surface area contributed by atoms with Crippen molar-refractivity contribution in [1.29, 1.82) is 0 Å². The van der Waals surface area contributed by atoms with Crippen molar-refractivity contribution in [2.45, 2.75) is 25.7 Å². The van der Waals surface area contributed by atoms with Crippen LogP contribution in [0.15, 0.2) is 24.3 Å². The second-order valence-electron chi connectivity index (χ2n) is 2.14. The van der Waals surface area contributed by atoms with Gasteiger partial charge in [0, 0.05) is 0 Å². The summed E-state index contributed by atoms with van der Waals surface area (Å²) in [4.78, 5) is 0. The molecule has 0 N–H and O–H groups in total. The van der Waals surface area contributed by atoms with E-state index < -0.39 is 0 Å². The van der Waals surface area contributed by atoms with Gasteiger partial charge in [-0.2, -0.15) is 0 Å². The van der Waals surface area contributed by atoms with Crippen molar-refractivity contribution in [3.8, 4) is 0 Å². The van der Waals surface area contributed by atoms with E-state index >= 15 is 0 Å². The van der Waals surface area contributed by atoms with Crippen molar-refractivity contribution in [3.05, 3.63) is 24.3 Å². The van der Waals surface area contributed by atoms with Crippen LogP contribution in [0.4, 0.5) is 0 Å². The summed E-state index contributed by atoms with van der Waals surface area (Å²) < 4.78 is 0. The number of rotatable bonds is 0. The van der Waals surface area contributed by atoms with Crippen LogP contribution >= 0.6 is 0 Å².